The SMILES string of the molecule is CCC(C)(C)OCCCOP(=O)(O)C(C)(C)C. The summed E-state index contributed by atoms with van der Waals surface area (Å²) >= 11 is 0. The Morgan fingerprint density at radius 2 is 1.65 bits per heavy atom. The Labute approximate surface area is 105 Å². The molecule has 0 aliphatic rings. The second-order valence-corrected chi connectivity index (χ2v) is 8.48. The van der Waals surface area contributed by atoms with Crippen LogP contribution in [-0.4, -0.2) is 28.9 Å². The minimum atomic E-state index is -3.52. The van der Waals surface area contributed by atoms with Gasteiger partial charge in [0.25, 0.3) is 0 Å². The van der Waals surface area contributed by atoms with Gasteiger partial charge in [-0.3, -0.25) is 4.57 Å². The fourth-order valence-electron chi connectivity index (χ4n) is 0.891. The van der Waals surface area contributed by atoms with Crippen LogP contribution in [0.15, 0.2) is 0 Å². The minimum Gasteiger partial charge on any atom is -0.375 e. The van der Waals surface area contributed by atoms with Crippen molar-refractivity contribution in [3.05, 3.63) is 0 Å². The lowest BCUT2D eigenvalue weighted by Gasteiger charge is -2.26. The molecule has 17 heavy (non-hydrogen) atoms. The largest absolute Gasteiger partial charge is 0.375 e. The van der Waals surface area contributed by atoms with Gasteiger partial charge in [-0.15, -0.1) is 0 Å². The molecular formula is C12H27O4P. The van der Waals surface area contributed by atoms with Crippen molar-refractivity contribution in [1.29, 1.82) is 0 Å². The van der Waals surface area contributed by atoms with Gasteiger partial charge in [0.1, 0.15) is 0 Å². The molecule has 5 heteroatoms. The summed E-state index contributed by atoms with van der Waals surface area (Å²) in [5.74, 6) is 0. The Kier molecular flexibility index (Phi) is 6.37. The fourth-order valence-corrected chi connectivity index (χ4v) is 1.66. The Morgan fingerprint density at radius 1 is 1.12 bits per heavy atom. The van der Waals surface area contributed by atoms with Gasteiger partial charge in [0.2, 0.25) is 0 Å². The van der Waals surface area contributed by atoms with Crippen molar-refractivity contribution in [2.45, 2.75) is 65.1 Å². The molecule has 0 aliphatic heterocycles. The third-order valence-corrected chi connectivity index (χ3v) is 4.97. The van der Waals surface area contributed by atoms with Gasteiger partial charge in [-0.05, 0) is 47.5 Å². The van der Waals surface area contributed by atoms with Gasteiger partial charge in [-0.2, -0.15) is 0 Å². The summed E-state index contributed by atoms with van der Waals surface area (Å²) in [6.45, 7) is 12.0. The maximum atomic E-state index is 11.7. The summed E-state index contributed by atoms with van der Waals surface area (Å²) in [5.41, 5.74) is -0.132. The quantitative estimate of drug-likeness (QED) is 0.565. The molecule has 0 aliphatic carbocycles. The second kappa shape index (κ2) is 6.33. The lowest BCUT2D eigenvalue weighted by atomic mass is 10.1. The van der Waals surface area contributed by atoms with Crippen LogP contribution in [0.4, 0.5) is 0 Å². The summed E-state index contributed by atoms with van der Waals surface area (Å²) in [5, 5.41) is -0.726. The zero-order chi connectivity index (χ0) is 13.7. The van der Waals surface area contributed by atoms with Crippen molar-refractivity contribution in [2.24, 2.45) is 0 Å². The van der Waals surface area contributed by atoms with E-state index in [-0.39, 0.29) is 12.2 Å². The average molecular weight is 266 g/mol. The highest BCUT2D eigenvalue weighted by Gasteiger charge is 2.35. The molecular weight excluding hydrogens is 239 g/mol. The van der Waals surface area contributed by atoms with Crippen molar-refractivity contribution >= 4 is 7.60 Å². The number of hydrogen-bond acceptors (Lipinski definition) is 3. The first-order chi connectivity index (χ1) is 7.52. The molecule has 0 radical (unpaired) electrons. The lowest BCUT2D eigenvalue weighted by molar-refractivity contribution is -0.0245. The zero-order valence-electron chi connectivity index (χ0n) is 11.9. The van der Waals surface area contributed by atoms with Crippen molar-refractivity contribution in [3.8, 4) is 0 Å². The van der Waals surface area contributed by atoms with E-state index in [1.54, 1.807) is 20.8 Å². The van der Waals surface area contributed by atoms with Crippen LogP contribution in [0.5, 0.6) is 0 Å². The minimum absolute atomic E-state index is 0.132. The third kappa shape index (κ3) is 6.56. The maximum absolute atomic E-state index is 11.7. The Hall–Kier alpha value is 0.110. The molecule has 104 valence electrons. The molecule has 0 fully saturated rings. The van der Waals surface area contributed by atoms with E-state index < -0.39 is 12.8 Å². The molecule has 0 rings (SSSR count). The summed E-state index contributed by atoms with van der Waals surface area (Å²) < 4.78 is 22.4. The molecule has 0 aromatic rings. The Balaban J connectivity index is 3.84. The number of ether oxygens (including phenoxy) is 1. The molecule has 0 spiro atoms. The van der Waals surface area contributed by atoms with E-state index in [9.17, 15) is 9.46 Å². The van der Waals surface area contributed by atoms with E-state index in [1.807, 2.05) is 13.8 Å². The second-order valence-electron chi connectivity index (χ2n) is 5.84. The van der Waals surface area contributed by atoms with E-state index in [2.05, 4.69) is 6.92 Å². The van der Waals surface area contributed by atoms with E-state index >= 15 is 0 Å². The smallest absolute Gasteiger partial charge is 0.333 e. The highest BCUT2D eigenvalue weighted by molar-refractivity contribution is 7.54. The molecule has 0 saturated carbocycles. The number of hydrogen-bond donors (Lipinski definition) is 1. The normalized spacial score (nSPS) is 16.9. The Morgan fingerprint density at radius 3 is 2.06 bits per heavy atom. The van der Waals surface area contributed by atoms with Crippen LogP contribution in [0.25, 0.3) is 0 Å². The van der Waals surface area contributed by atoms with E-state index in [0.29, 0.717) is 13.0 Å². The van der Waals surface area contributed by atoms with Gasteiger partial charge in [-0.1, -0.05) is 6.92 Å². The van der Waals surface area contributed by atoms with Crippen molar-refractivity contribution in [2.75, 3.05) is 13.2 Å². The molecule has 0 bridgehead atoms. The van der Waals surface area contributed by atoms with E-state index in [0.717, 1.165) is 6.42 Å². The Bertz CT molecular complexity index is 268. The molecule has 0 aromatic heterocycles. The summed E-state index contributed by atoms with van der Waals surface area (Å²) in [6.07, 6.45) is 1.57. The summed E-state index contributed by atoms with van der Waals surface area (Å²) in [7, 11) is -3.52. The van der Waals surface area contributed by atoms with Gasteiger partial charge < -0.3 is 14.2 Å². The summed E-state index contributed by atoms with van der Waals surface area (Å²) in [4.78, 5) is 9.65. The molecule has 4 nitrogen and oxygen atoms in total. The van der Waals surface area contributed by atoms with Gasteiger partial charge in [0.15, 0.2) is 0 Å². The molecule has 1 atom stereocenters. The summed E-state index contributed by atoms with van der Waals surface area (Å²) in [6, 6.07) is 0. The van der Waals surface area contributed by atoms with Crippen LogP contribution in [0.1, 0.15) is 54.4 Å². The van der Waals surface area contributed by atoms with Crippen molar-refractivity contribution < 1.29 is 18.7 Å². The molecule has 0 aromatic carbocycles. The third-order valence-electron chi connectivity index (χ3n) is 2.75. The molecule has 1 N–H and O–H groups in total. The van der Waals surface area contributed by atoms with Gasteiger partial charge in [-0.25, -0.2) is 0 Å². The topological polar surface area (TPSA) is 55.8 Å². The van der Waals surface area contributed by atoms with Crippen LogP contribution in [0.3, 0.4) is 0 Å². The molecule has 0 heterocycles. The fraction of sp³-hybridized carbons (Fsp3) is 1.00. The van der Waals surface area contributed by atoms with Crippen LogP contribution >= 0.6 is 7.60 Å². The first kappa shape index (κ1) is 17.1. The van der Waals surface area contributed by atoms with Gasteiger partial charge in [0.05, 0.1) is 17.4 Å². The van der Waals surface area contributed by atoms with Crippen LogP contribution in [-0.2, 0) is 13.8 Å². The zero-order valence-corrected chi connectivity index (χ0v) is 12.8. The van der Waals surface area contributed by atoms with Crippen LogP contribution in [0.2, 0.25) is 0 Å². The predicted molar refractivity (Wildman–Crippen MR) is 70.5 cm³/mol. The van der Waals surface area contributed by atoms with Gasteiger partial charge in [0, 0.05) is 6.61 Å². The lowest BCUT2D eigenvalue weighted by Crippen LogP contribution is -2.24. The van der Waals surface area contributed by atoms with Crippen molar-refractivity contribution in [3.63, 3.8) is 0 Å². The molecule has 0 amide bonds. The van der Waals surface area contributed by atoms with Crippen LogP contribution in [0, 0.1) is 0 Å². The molecule has 0 saturated heterocycles. The molecule has 1 unspecified atom stereocenters. The average Bonchev–Trinajstić information content (AvgIpc) is 2.15. The monoisotopic (exact) mass is 266 g/mol. The highest BCUT2D eigenvalue weighted by atomic mass is 31.2. The number of rotatable bonds is 7. The maximum Gasteiger partial charge on any atom is 0.333 e. The van der Waals surface area contributed by atoms with E-state index in [4.69, 9.17) is 9.26 Å². The van der Waals surface area contributed by atoms with E-state index in [1.165, 1.54) is 0 Å². The predicted octanol–water partition coefficient (Wildman–Crippen LogP) is 3.58. The first-order valence-corrected chi connectivity index (χ1v) is 7.71. The van der Waals surface area contributed by atoms with Crippen molar-refractivity contribution in [1.82, 2.24) is 0 Å². The standard InChI is InChI=1S/C12H27O4P/c1-7-12(5,6)15-9-8-10-16-17(13,14)11(2,3)4/h7-10H2,1-6H3,(H,13,14). The first-order valence-electron chi connectivity index (χ1n) is 6.13. The van der Waals surface area contributed by atoms with Crippen LogP contribution < -0.4 is 0 Å². The highest BCUT2D eigenvalue weighted by Crippen LogP contribution is 2.54. The van der Waals surface area contributed by atoms with Gasteiger partial charge >= 0.3 is 7.60 Å².